The van der Waals surface area contributed by atoms with Gasteiger partial charge < -0.3 is 20.1 Å². The number of nitrogens with two attached hydrogens (primary N) is 1. The van der Waals surface area contributed by atoms with Gasteiger partial charge in [-0.1, -0.05) is 33.1 Å². The molecule has 2 rings (SSSR count). The summed E-state index contributed by atoms with van der Waals surface area (Å²) in [7, 11) is 2.99. The van der Waals surface area contributed by atoms with Gasteiger partial charge in [0.15, 0.2) is 17.2 Å². The average Bonchev–Trinajstić information content (AvgIpc) is 2.76. The average molecular weight is 433 g/mol. The van der Waals surface area contributed by atoms with Crippen LogP contribution in [0.3, 0.4) is 0 Å². The first-order valence-corrected chi connectivity index (χ1v) is 10.6. The van der Waals surface area contributed by atoms with Gasteiger partial charge >= 0.3 is 5.69 Å². The van der Waals surface area contributed by atoms with Crippen LogP contribution in [0.2, 0.25) is 0 Å². The van der Waals surface area contributed by atoms with Gasteiger partial charge in [0.1, 0.15) is 5.82 Å². The minimum Gasteiger partial charge on any atom is -0.493 e. The highest BCUT2D eigenvalue weighted by Crippen LogP contribution is 2.29. The predicted molar refractivity (Wildman–Crippen MR) is 121 cm³/mol. The number of benzene rings is 1. The minimum absolute atomic E-state index is 0.00692. The molecule has 2 aromatic rings. The molecule has 170 valence electrons. The maximum atomic E-state index is 13.5. The van der Waals surface area contributed by atoms with E-state index in [1.165, 1.54) is 23.7 Å². The number of aromatic amines is 1. The zero-order chi connectivity index (χ0) is 23.0. The smallest absolute Gasteiger partial charge is 0.330 e. The molecule has 1 heterocycles. The number of anilines is 2. The highest BCUT2D eigenvalue weighted by molar-refractivity contribution is 6.07. The normalized spacial score (nSPS) is 10.7. The SMILES string of the molecule is CCCCCN(C(=O)c1ccc(OC)c(OC)c1)c1c(N)n(CCCC)c(=O)[nH]c1=O. The van der Waals surface area contributed by atoms with Gasteiger partial charge in [0, 0.05) is 18.7 Å². The summed E-state index contributed by atoms with van der Waals surface area (Å²) in [6.45, 7) is 4.69. The second kappa shape index (κ2) is 11.2. The zero-order valence-electron chi connectivity index (χ0n) is 18.7. The van der Waals surface area contributed by atoms with E-state index in [4.69, 9.17) is 15.2 Å². The van der Waals surface area contributed by atoms with Crippen molar-refractivity contribution in [3.05, 3.63) is 44.6 Å². The quantitative estimate of drug-likeness (QED) is 0.527. The molecule has 0 saturated heterocycles. The number of H-pyrrole nitrogens is 1. The molecule has 0 aliphatic rings. The molecule has 0 atom stereocenters. The standard InChI is InChI=1S/C22H32N4O5/c1-5-7-9-13-25(21(28)15-10-11-16(30-3)17(14-15)31-4)18-19(23)26(12-8-6-2)22(29)24-20(18)27/h10-11,14H,5-9,12-13,23H2,1-4H3,(H,24,27,29). The van der Waals surface area contributed by atoms with Crippen molar-refractivity contribution in [2.45, 2.75) is 52.5 Å². The van der Waals surface area contributed by atoms with Crippen LogP contribution in [0.5, 0.6) is 11.5 Å². The molecular weight excluding hydrogens is 400 g/mol. The summed E-state index contributed by atoms with van der Waals surface area (Å²) in [6.07, 6.45) is 4.08. The molecule has 31 heavy (non-hydrogen) atoms. The lowest BCUT2D eigenvalue weighted by Gasteiger charge is -2.25. The monoisotopic (exact) mass is 432 g/mol. The largest absolute Gasteiger partial charge is 0.493 e. The molecule has 9 nitrogen and oxygen atoms in total. The second-order valence-electron chi connectivity index (χ2n) is 7.23. The third-order valence-electron chi connectivity index (χ3n) is 5.08. The molecule has 1 aromatic carbocycles. The number of methoxy groups -OCH3 is 2. The van der Waals surface area contributed by atoms with Gasteiger partial charge in [-0.25, -0.2) is 4.79 Å². The van der Waals surface area contributed by atoms with Gasteiger partial charge in [0.25, 0.3) is 11.5 Å². The maximum absolute atomic E-state index is 13.5. The molecule has 0 fully saturated rings. The Morgan fingerprint density at radius 2 is 1.74 bits per heavy atom. The fraction of sp³-hybridized carbons (Fsp3) is 0.500. The van der Waals surface area contributed by atoms with Crippen LogP contribution in [0.15, 0.2) is 27.8 Å². The second-order valence-corrected chi connectivity index (χ2v) is 7.23. The summed E-state index contributed by atoms with van der Waals surface area (Å²) in [4.78, 5) is 42.1. The molecule has 0 aliphatic carbocycles. The third-order valence-corrected chi connectivity index (χ3v) is 5.08. The number of amides is 1. The zero-order valence-corrected chi connectivity index (χ0v) is 18.7. The van der Waals surface area contributed by atoms with E-state index >= 15 is 0 Å². The maximum Gasteiger partial charge on any atom is 0.330 e. The first kappa shape index (κ1) is 24.0. The Bertz CT molecular complexity index is 1010. The number of carbonyl (C=O) groups excluding carboxylic acids is 1. The molecule has 0 spiro atoms. The summed E-state index contributed by atoms with van der Waals surface area (Å²) in [5.74, 6) is 0.473. The van der Waals surface area contributed by atoms with Crippen molar-refractivity contribution in [1.82, 2.24) is 9.55 Å². The Labute approximate surface area is 181 Å². The van der Waals surface area contributed by atoms with E-state index < -0.39 is 17.2 Å². The Morgan fingerprint density at radius 3 is 2.35 bits per heavy atom. The van der Waals surface area contributed by atoms with E-state index in [1.807, 2.05) is 13.8 Å². The summed E-state index contributed by atoms with van der Waals surface area (Å²) >= 11 is 0. The summed E-state index contributed by atoms with van der Waals surface area (Å²) in [6, 6.07) is 4.80. The lowest BCUT2D eigenvalue weighted by atomic mass is 10.1. The summed E-state index contributed by atoms with van der Waals surface area (Å²) in [5, 5.41) is 0. The Hall–Kier alpha value is -3.23. The van der Waals surface area contributed by atoms with Crippen molar-refractivity contribution < 1.29 is 14.3 Å². The summed E-state index contributed by atoms with van der Waals surface area (Å²) < 4.78 is 11.9. The highest BCUT2D eigenvalue weighted by atomic mass is 16.5. The van der Waals surface area contributed by atoms with E-state index in [1.54, 1.807) is 18.2 Å². The van der Waals surface area contributed by atoms with Gasteiger partial charge in [-0.3, -0.25) is 19.1 Å². The summed E-state index contributed by atoms with van der Waals surface area (Å²) in [5.41, 5.74) is 5.31. The first-order valence-electron chi connectivity index (χ1n) is 10.6. The van der Waals surface area contributed by atoms with Gasteiger partial charge in [-0.2, -0.15) is 0 Å². The highest BCUT2D eigenvalue weighted by Gasteiger charge is 2.25. The number of unbranched alkanes of at least 4 members (excludes halogenated alkanes) is 3. The van der Waals surface area contributed by atoms with Crippen LogP contribution in [0.4, 0.5) is 11.5 Å². The van der Waals surface area contributed by atoms with Gasteiger partial charge in [-0.05, 0) is 31.0 Å². The number of ether oxygens (including phenoxy) is 2. The van der Waals surface area contributed by atoms with E-state index in [0.29, 0.717) is 36.6 Å². The molecule has 0 radical (unpaired) electrons. The van der Waals surface area contributed by atoms with E-state index in [2.05, 4.69) is 4.98 Å². The van der Waals surface area contributed by atoms with E-state index in [9.17, 15) is 14.4 Å². The van der Waals surface area contributed by atoms with E-state index in [0.717, 1.165) is 25.7 Å². The van der Waals surface area contributed by atoms with Crippen molar-refractivity contribution >= 4 is 17.4 Å². The van der Waals surface area contributed by atoms with Crippen LogP contribution in [-0.4, -0.2) is 36.2 Å². The lowest BCUT2D eigenvalue weighted by molar-refractivity contribution is 0.0985. The van der Waals surface area contributed by atoms with Crippen LogP contribution in [0.25, 0.3) is 0 Å². The van der Waals surface area contributed by atoms with Crippen LogP contribution >= 0.6 is 0 Å². The topological polar surface area (TPSA) is 120 Å². The Morgan fingerprint density at radius 1 is 1.06 bits per heavy atom. The van der Waals surface area contributed by atoms with Crippen molar-refractivity contribution in [2.24, 2.45) is 0 Å². The van der Waals surface area contributed by atoms with Crippen LogP contribution in [0.1, 0.15) is 56.3 Å². The van der Waals surface area contributed by atoms with Crippen LogP contribution in [-0.2, 0) is 6.54 Å². The number of nitrogens with zero attached hydrogens (tertiary/aromatic N) is 2. The molecule has 1 amide bonds. The van der Waals surface area contributed by atoms with Crippen molar-refractivity contribution in [2.75, 3.05) is 31.4 Å². The van der Waals surface area contributed by atoms with Crippen molar-refractivity contribution in [3.8, 4) is 11.5 Å². The molecule has 0 unspecified atom stereocenters. The minimum atomic E-state index is -0.680. The van der Waals surface area contributed by atoms with E-state index in [-0.39, 0.29) is 11.5 Å². The number of hydrogen-bond donors (Lipinski definition) is 2. The number of nitrogen functional groups attached to an aromatic ring is 1. The van der Waals surface area contributed by atoms with Crippen molar-refractivity contribution in [3.63, 3.8) is 0 Å². The fourth-order valence-corrected chi connectivity index (χ4v) is 3.34. The van der Waals surface area contributed by atoms with Gasteiger partial charge in [-0.15, -0.1) is 0 Å². The van der Waals surface area contributed by atoms with Gasteiger partial charge in [0.2, 0.25) is 0 Å². The predicted octanol–water partition coefficient (Wildman–Crippen LogP) is 2.77. The molecule has 0 bridgehead atoms. The number of hydrogen-bond acceptors (Lipinski definition) is 6. The van der Waals surface area contributed by atoms with Gasteiger partial charge in [0.05, 0.1) is 14.2 Å². The molecular formula is C22H32N4O5. The van der Waals surface area contributed by atoms with Crippen molar-refractivity contribution in [1.29, 1.82) is 0 Å². The lowest BCUT2D eigenvalue weighted by Crippen LogP contribution is -2.41. The Kier molecular flexibility index (Phi) is 8.72. The molecule has 1 aromatic heterocycles. The molecule has 3 N–H and O–H groups in total. The molecule has 0 saturated carbocycles. The third kappa shape index (κ3) is 5.48. The number of nitrogens with one attached hydrogen (secondary N) is 1. The van der Waals surface area contributed by atoms with Crippen LogP contribution in [0, 0.1) is 0 Å². The number of carbonyl (C=O) groups is 1. The fourth-order valence-electron chi connectivity index (χ4n) is 3.34. The molecule has 0 aliphatic heterocycles. The van der Waals surface area contributed by atoms with Crippen LogP contribution < -0.4 is 31.4 Å². The number of rotatable bonds is 11. The Balaban J connectivity index is 2.58. The molecule has 9 heteroatoms. The first-order chi connectivity index (χ1) is 14.9. The number of aromatic nitrogens is 2.